The molecule has 0 atom stereocenters. The molecule has 2 aliphatic rings. The lowest BCUT2D eigenvalue weighted by Crippen LogP contribution is -2.49. The van der Waals surface area contributed by atoms with Gasteiger partial charge in [-0.05, 0) is 60.7 Å². The van der Waals surface area contributed by atoms with E-state index in [0.29, 0.717) is 60.4 Å². The van der Waals surface area contributed by atoms with Crippen LogP contribution in [-0.2, 0) is 6.42 Å². The fourth-order valence-corrected chi connectivity index (χ4v) is 4.96. The molecule has 1 saturated heterocycles. The summed E-state index contributed by atoms with van der Waals surface area (Å²) in [4.78, 5) is 24.9. The van der Waals surface area contributed by atoms with E-state index in [-0.39, 0.29) is 24.8 Å². The molecule has 0 spiro atoms. The van der Waals surface area contributed by atoms with E-state index in [1.807, 2.05) is 19.1 Å². The molecule has 3 heterocycles. The van der Waals surface area contributed by atoms with Crippen molar-refractivity contribution in [1.82, 2.24) is 14.9 Å². The van der Waals surface area contributed by atoms with Crippen molar-refractivity contribution in [1.29, 1.82) is 0 Å². The summed E-state index contributed by atoms with van der Waals surface area (Å²) in [5.74, 6) is 0.587. The van der Waals surface area contributed by atoms with E-state index in [9.17, 15) is 9.18 Å². The van der Waals surface area contributed by atoms with Gasteiger partial charge < -0.3 is 19.5 Å². The number of H-pyrrole nitrogens is 1. The monoisotopic (exact) mass is 504 g/mol. The summed E-state index contributed by atoms with van der Waals surface area (Å²) in [5, 5.41) is 0.497. The van der Waals surface area contributed by atoms with Gasteiger partial charge in [-0.1, -0.05) is 25.1 Å². The zero-order chi connectivity index (χ0) is 25.5. The fraction of sp³-hybridized carbons (Fsp3) is 0.310. The number of benzene rings is 2. The van der Waals surface area contributed by atoms with Crippen LogP contribution in [0.5, 0.6) is 5.75 Å². The molecule has 2 aromatic heterocycles. The smallest absolute Gasteiger partial charge is 0.270 e. The third-order valence-electron chi connectivity index (χ3n) is 7.14. The van der Waals surface area contributed by atoms with Gasteiger partial charge in [-0.3, -0.25) is 4.79 Å². The zero-order valence-electron chi connectivity index (χ0n) is 20.6. The highest BCUT2D eigenvalue weighted by atomic mass is 19.1. The van der Waals surface area contributed by atoms with Crippen LogP contribution in [0.25, 0.3) is 22.0 Å². The second-order valence-corrected chi connectivity index (χ2v) is 9.62. The van der Waals surface area contributed by atoms with Gasteiger partial charge in [0.25, 0.3) is 5.91 Å². The Morgan fingerprint density at radius 1 is 1.08 bits per heavy atom. The SMILES string of the molecule is CCc1cc(-c2ccccc2F)c2cc(C(=O)N3CCN(c4ncccc4OC4CC4)CC3)[nH]c2c1F.[HH]. The molecule has 1 N–H and O–H groups in total. The summed E-state index contributed by atoms with van der Waals surface area (Å²) in [6.45, 7) is 4.07. The number of hydrogen-bond acceptors (Lipinski definition) is 4. The standard InChI is InChI=1S/C29H28F2N4O2.H2/c1-2-18-16-21(20-6-3-4-7-23(20)30)22-17-24(33-27(22)26(18)31)29(36)35-14-12-34(13-15-35)28-25(8-5-11-32-28)37-19-9-10-19;/h3-8,11,16-17,19,33H,2,9-10,12-15H2,1H3;1H. The van der Waals surface area contributed by atoms with E-state index in [1.165, 1.54) is 6.07 Å². The lowest BCUT2D eigenvalue weighted by atomic mass is 9.97. The number of ether oxygens (including phenoxy) is 1. The Labute approximate surface area is 215 Å². The van der Waals surface area contributed by atoms with Gasteiger partial charge in [-0.15, -0.1) is 0 Å². The lowest BCUT2D eigenvalue weighted by Gasteiger charge is -2.35. The van der Waals surface area contributed by atoms with E-state index in [2.05, 4.69) is 14.9 Å². The molecule has 4 aromatic rings. The Morgan fingerprint density at radius 3 is 2.59 bits per heavy atom. The molecule has 1 saturated carbocycles. The number of aromatic nitrogens is 2. The van der Waals surface area contributed by atoms with Crippen LogP contribution in [0.3, 0.4) is 0 Å². The van der Waals surface area contributed by atoms with Crippen molar-refractivity contribution in [3.63, 3.8) is 0 Å². The summed E-state index contributed by atoms with van der Waals surface area (Å²) in [5.41, 5.74) is 1.96. The number of aromatic amines is 1. The second-order valence-electron chi connectivity index (χ2n) is 9.62. The normalized spacial score (nSPS) is 15.9. The van der Waals surface area contributed by atoms with Gasteiger partial charge in [0.05, 0.1) is 11.6 Å². The number of rotatable bonds is 6. The first-order valence-electron chi connectivity index (χ1n) is 12.8. The van der Waals surface area contributed by atoms with Gasteiger partial charge >= 0.3 is 0 Å². The number of piperazine rings is 1. The quantitative estimate of drug-likeness (QED) is 0.360. The van der Waals surface area contributed by atoms with Crippen molar-refractivity contribution in [3.05, 3.63) is 77.6 Å². The minimum Gasteiger partial charge on any atom is -0.487 e. The summed E-state index contributed by atoms with van der Waals surface area (Å²) < 4.78 is 36.0. The number of anilines is 1. The van der Waals surface area contributed by atoms with E-state index >= 15 is 4.39 Å². The molecule has 2 fully saturated rings. The molecule has 1 amide bonds. The van der Waals surface area contributed by atoms with Crippen LogP contribution in [0, 0.1) is 11.6 Å². The third-order valence-corrected chi connectivity index (χ3v) is 7.14. The van der Waals surface area contributed by atoms with E-state index < -0.39 is 5.82 Å². The molecule has 6 nitrogen and oxygen atoms in total. The average molecular weight is 505 g/mol. The zero-order valence-corrected chi connectivity index (χ0v) is 20.6. The summed E-state index contributed by atoms with van der Waals surface area (Å²) in [7, 11) is 0. The molecule has 0 bridgehead atoms. The summed E-state index contributed by atoms with van der Waals surface area (Å²) >= 11 is 0. The number of amides is 1. The highest BCUT2D eigenvalue weighted by Gasteiger charge is 2.29. The van der Waals surface area contributed by atoms with Gasteiger partial charge in [0, 0.05) is 44.8 Å². The number of nitrogens with one attached hydrogen (secondary N) is 1. The number of carbonyl (C=O) groups is 1. The van der Waals surface area contributed by atoms with Gasteiger partial charge in [0.15, 0.2) is 11.6 Å². The van der Waals surface area contributed by atoms with Crippen molar-refractivity contribution >= 4 is 22.6 Å². The van der Waals surface area contributed by atoms with Crippen LogP contribution in [0.1, 0.15) is 37.2 Å². The maximum atomic E-state index is 15.3. The topological polar surface area (TPSA) is 61.5 Å². The average Bonchev–Trinajstić information content (AvgIpc) is 3.63. The summed E-state index contributed by atoms with van der Waals surface area (Å²) in [6, 6.07) is 13.6. The number of carbonyl (C=O) groups excluding carboxylic acids is 1. The molecule has 8 heteroatoms. The van der Waals surface area contributed by atoms with Gasteiger partial charge in [-0.25, -0.2) is 13.8 Å². The fourth-order valence-electron chi connectivity index (χ4n) is 4.96. The van der Waals surface area contributed by atoms with Crippen molar-refractivity contribution in [2.45, 2.75) is 32.3 Å². The Bertz CT molecular complexity index is 1480. The maximum Gasteiger partial charge on any atom is 0.270 e. The van der Waals surface area contributed by atoms with Crippen LogP contribution in [-0.4, -0.2) is 53.1 Å². The highest BCUT2D eigenvalue weighted by Crippen LogP contribution is 2.36. The van der Waals surface area contributed by atoms with E-state index in [0.717, 1.165) is 24.4 Å². The molecule has 192 valence electrons. The predicted molar refractivity (Wildman–Crippen MR) is 141 cm³/mol. The van der Waals surface area contributed by atoms with Crippen LogP contribution in [0.15, 0.2) is 54.7 Å². The number of aryl methyl sites for hydroxylation is 1. The van der Waals surface area contributed by atoms with Crippen LogP contribution < -0.4 is 9.64 Å². The molecule has 1 aliphatic carbocycles. The van der Waals surface area contributed by atoms with Crippen molar-refractivity contribution < 1.29 is 19.7 Å². The molecule has 1 aliphatic heterocycles. The Balaban J connectivity index is 0.00000294. The minimum absolute atomic E-state index is 0. The Kier molecular flexibility index (Phi) is 6.02. The first-order valence-corrected chi connectivity index (χ1v) is 12.8. The lowest BCUT2D eigenvalue weighted by molar-refractivity contribution is 0.0741. The van der Waals surface area contributed by atoms with Gasteiger partial charge in [0.2, 0.25) is 0 Å². The predicted octanol–water partition coefficient (Wildman–Crippen LogP) is 5.82. The second kappa shape index (κ2) is 9.50. The van der Waals surface area contributed by atoms with Crippen molar-refractivity contribution in [2.75, 3.05) is 31.1 Å². The number of nitrogens with zero attached hydrogens (tertiary/aromatic N) is 3. The molecular formula is C29H30F2N4O2. The summed E-state index contributed by atoms with van der Waals surface area (Å²) in [6.07, 6.45) is 4.62. The molecule has 0 unspecified atom stereocenters. The highest BCUT2D eigenvalue weighted by molar-refractivity contribution is 6.03. The largest absolute Gasteiger partial charge is 0.487 e. The third kappa shape index (κ3) is 4.41. The number of halogens is 2. The van der Waals surface area contributed by atoms with Gasteiger partial charge in [-0.2, -0.15) is 0 Å². The minimum atomic E-state index is -0.403. The van der Waals surface area contributed by atoms with Crippen molar-refractivity contribution in [2.24, 2.45) is 0 Å². The molecule has 37 heavy (non-hydrogen) atoms. The first kappa shape index (κ1) is 23.5. The molecule has 6 rings (SSSR count). The molecule has 2 aromatic carbocycles. The van der Waals surface area contributed by atoms with Crippen LogP contribution in [0.2, 0.25) is 0 Å². The molecule has 0 radical (unpaired) electrons. The van der Waals surface area contributed by atoms with Crippen LogP contribution >= 0.6 is 0 Å². The van der Waals surface area contributed by atoms with Gasteiger partial charge in [0.1, 0.15) is 17.3 Å². The van der Waals surface area contributed by atoms with E-state index in [1.54, 1.807) is 41.4 Å². The van der Waals surface area contributed by atoms with Crippen molar-refractivity contribution in [3.8, 4) is 16.9 Å². The maximum absolute atomic E-state index is 15.3. The Hall–Kier alpha value is -3.94. The first-order chi connectivity index (χ1) is 18.0. The number of pyridine rings is 1. The number of fused-ring (bicyclic) bond motifs is 1. The number of hydrogen-bond donors (Lipinski definition) is 1. The van der Waals surface area contributed by atoms with Crippen LogP contribution in [0.4, 0.5) is 14.6 Å². The molecular weight excluding hydrogens is 474 g/mol. The van der Waals surface area contributed by atoms with E-state index in [4.69, 9.17) is 4.74 Å². The Morgan fingerprint density at radius 2 is 1.86 bits per heavy atom.